The molecular formula is C59H69F5N4O8Pd. The van der Waals surface area contributed by atoms with Crippen molar-refractivity contribution in [2.75, 3.05) is 26.4 Å². The van der Waals surface area contributed by atoms with Crippen LogP contribution in [0.3, 0.4) is 0 Å². The number of hydrogen-bond acceptors (Lipinski definition) is 10. The van der Waals surface area contributed by atoms with Crippen LogP contribution in [-0.2, 0) is 77.8 Å². The first-order valence-corrected chi connectivity index (χ1v) is 26.2. The molecule has 0 saturated carbocycles. The molecule has 5 heterocycles. The van der Waals surface area contributed by atoms with Crippen LogP contribution in [0.5, 0.6) is 0 Å². The summed E-state index contributed by atoms with van der Waals surface area (Å²) < 4.78 is 92.3. The van der Waals surface area contributed by atoms with Crippen molar-refractivity contribution in [2.24, 2.45) is 17.8 Å². The van der Waals surface area contributed by atoms with Crippen LogP contribution in [0.1, 0.15) is 164 Å². The maximum Gasteiger partial charge on any atom is 2.00 e. The van der Waals surface area contributed by atoms with Gasteiger partial charge in [0.05, 0.1) is 49.2 Å². The van der Waals surface area contributed by atoms with E-state index in [2.05, 4.69) is 13.8 Å². The van der Waals surface area contributed by atoms with Gasteiger partial charge in [0.25, 0.3) is 0 Å². The molecule has 1 aromatic carbocycles. The maximum atomic E-state index is 14.4. The zero-order chi connectivity index (χ0) is 55.5. The molecule has 77 heavy (non-hydrogen) atoms. The number of rotatable bonds is 24. The Balaban J connectivity index is 0.0000109. The van der Waals surface area contributed by atoms with Crippen LogP contribution in [0, 0.1) is 60.7 Å². The van der Waals surface area contributed by atoms with Crippen molar-refractivity contribution in [3.63, 3.8) is 0 Å². The number of benzene rings is 1. The van der Waals surface area contributed by atoms with Gasteiger partial charge in [0, 0.05) is 37.7 Å². The number of aryl methyl sites for hydroxylation is 4. The van der Waals surface area contributed by atoms with Crippen LogP contribution in [0.25, 0.3) is 44.4 Å². The van der Waals surface area contributed by atoms with Crippen molar-refractivity contribution in [3.8, 4) is 0 Å². The van der Waals surface area contributed by atoms with E-state index < -0.39 is 53.6 Å². The molecule has 0 fully saturated rings. The van der Waals surface area contributed by atoms with Crippen LogP contribution in [-0.4, -0.2) is 60.3 Å². The Morgan fingerprint density at radius 3 is 1.09 bits per heavy atom. The Kier molecular flexibility index (Phi) is 22.5. The summed E-state index contributed by atoms with van der Waals surface area (Å²) in [6, 6.07) is 7.36. The molecule has 6 rings (SSSR count). The first kappa shape index (κ1) is 61.9. The van der Waals surface area contributed by atoms with E-state index in [0.29, 0.717) is 100.0 Å². The van der Waals surface area contributed by atoms with Crippen molar-refractivity contribution >= 4 is 68.2 Å². The molecule has 4 aromatic rings. The van der Waals surface area contributed by atoms with Gasteiger partial charge in [-0.15, -0.1) is 22.1 Å². The normalized spacial score (nSPS) is 12.5. The number of allylic oxidation sites excluding steroid dienone is 4. The van der Waals surface area contributed by atoms with Gasteiger partial charge in [0.1, 0.15) is 0 Å². The summed E-state index contributed by atoms with van der Waals surface area (Å²) in [4.78, 5) is 73.0. The van der Waals surface area contributed by atoms with Gasteiger partial charge in [0.2, 0.25) is 5.82 Å². The summed E-state index contributed by atoms with van der Waals surface area (Å²) in [6.45, 7) is 20.2. The van der Waals surface area contributed by atoms with Crippen LogP contribution >= 0.6 is 0 Å². The van der Waals surface area contributed by atoms with Gasteiger partial charge < -0.3 is 28.9 Å². The van der Waals surface area contributed by atoms with Crippen molar-refractivity contribution in [1.82, 2.24) is 19.9 Å². The number of fused-ring (bicyclic) bond motifs is 8. The van der Waals surface area contributed by atoms with Gasteiger partial charge in [-0.05, 0) is 113 Å². The van der Waals surface area contributed by atoms with Gasteiger partial charge in [-0.3, -0.25) is 19.2 Å². The zero-order valence-corrected chi connectivity index (χ0v) is 47.2. The number of esters is 4. The smallest absolute Gasteiger partial charge is 0.657 e. The predicted molar refractivity (Wildman–Crippen MR) is 281 cm³/mol. The summed E-state index contributed by atoms with van der Waals surface area (Å²) >= 11 is 0. The SMILES string of the molecule is CC1=C(CCC(=O)OCCc2c(F)c(F)c(F)c(F)c2F)c2cc3[n-]c(cc4nc(cc5[n-]c(cc1n2)c(CCC(=O)OCCC(C)C)c5C)C(CCC(=O)OCCC(C)C)=C4C)c(CCC(=O)OCCC(C)C)c3C.[Pd+2]. The molecule has 0 unspecified atom stereocenters. The molecule has 0 radical (unpaired) electrons. The van der Waals surface area contributed by atoms with E-state index in [1.807, 2.05) is 73.6 Å². The second-order valence-electron chi connectivity index (χ2n) is 20.7. The molecule has 8 bridgehead atoms. The molecule has 18 heteroatoms. The van der Waals surface area contributed by atoms with Crippen LogP contribution in [0.15, 0.2) is 24.3 Å². The number of aromatic nitrogens is 4. The Morgan fingerprint density at radius 1 is 0.429 bits per heavy atom. The van der Waals surface area contributed by atoms with E-state index in [9.17, 15) is 41.1 Å². The van der Waals surface area contributed by atoms with Crippen LogP contribution in [0.2, 0.25) is 0 Å². The molecule has 0 amide bonds. The van der Waals surface area contributed by atoms with Gasteiger partial charge >= 0.3 is 44.3 Å². The van der Waals surface area contributed by atoms with Crippen molar-refractivity contribution in [2.45, 2.75) is 146 Å². The molecule has 0 spiro atoms. The zero-order valence-electron chi connectivity index (χ0n) is 45.6. The van der Waals surface area contributed by atoms with Gasteiger partial charge in [-0.25, -0.2) is 31.9 Å². The quantitative estimate of drug-likeness (QED) is 0.0163. The topological polar surface area (TPSA) is 159 Å². The second kappa shape index (κ2) is 28.1. The minimum Gasteiger partial charge on any atom is -0.657 e. The predicted octanol–water partition coefficient (Wildman–Crippen LogP) is 12.7. The standard InChI is InChI=1S/C59H69F5N4O8.Pd/c1-31(2)19-23-73-51(69)15-11-38-34(7)43-28-48-40(13-17-53(71)75-25-21-33(5)6)36(9)45(67-48)30-50-41(14-18-54(72)76-26-22-42-55(60)57(62)59(64)58(63)56(42)61)37(10)46(68-50)29-49-39(12-16-52(70)74-24-20-32(3)4)35(8)44(66-49)27-47(38)65-43;/h27-33H,11-26H2,1-10H3;/q-2;+2. The third-order valence-electron chi connectivity index (χ3n) is 13.7. The molecule has 3 aromatic heterocycles. The molecule has 2 aliphatic heterocycles. The van der Waals surface area contributed by atoms with Crippen molar-refractivity contribution < 1.29 is 80.5 Å². The third-order valence-corrected chi connectivity index (χ3v) is 13.7. The average molecular weight is 1160 g/mol. The van der Waals surface area contributed by atoms with Crippen LogP contribution in [0.4, 0.5) is 22.0 Å². The Hall–Kier alpha value is -5.99. The number of halogens is 5. The number of carbonyl (C=O) groups is 4. The monoisotopic (exact) mass is 1160 g/mol. The first-order valence-electron chi connectivity index (χ1n) is 26.2. The summed E-state index contributed by atoms with van der Waals surface area (Å²) in [5.41, 5.74) is 9.29. The fraction of sp³-hybridized carbons (Fsp3) is 0.492. The third kappa shape index (κ3) is 16.1. The molecular weight excluding hydrogens is 1090 g/mol. The van der Waals surface area contributed by atoms with Gasteiger partial charge in [0.15, 0.2) is 23.3 Å². The Bertz CT molecular complexity index is 3060. The van der Waals surface area contributed by atoms with E-state index in [0.717, 1.165) is 52.7 Å². The van der Waals surface area contributed by atoms with E-state index in [1.165, 1.54) is 0 Å². The molecule has 0 saturated heterocycles. The van der Waals surface area contributed by atoms with Gasteiger partial charge in [-0.2, -0.15) is 0 Å². The first-order chi connectivity index (χ1) is 36.0. The number of carbonyl (C=O) groups excluding carboxylic acids is 4. The van der Waals surface area contributed by atoms with E-state index >= 15 is 0 Å². The van der Waals surface area contributed by atoms with E-state index in [-0.39, 0.29) is 83.3 Å². The molecule has 0 aliphatic carbocycles. The number of ether oxygens (including phenoxy) is 4. The molecule has 418 valence electrons. The maximum absolute atomic E-state index is 14.4. The fourth-order valence-corrected chi connectivity index (χ4v) is 8.89. The Morgan fingerprint density at radius 2 is 0.740 bits per heavy atom. The summed E-state index contributed by atoms with van der Waals surface area (Å²) in [5.74, 6) is -11.2. The van der Waals surface area contributed by atoms with Crippen molar-refractivity contribution in [3.05, 3.63) is 104 Å². The second-order valence-corrected chi connectivity index (χ2v) is 20.7. The summed E-state index contributed by atoms with van der Waals surface area (Å²) in [6.07, 6.45) is 2.41. The molecule has 0 N–H and O–H groups in total. The summed E-state index contributed by atoms with van der Waals surface area (Å²) in [7, 11) is 0. The van der Waals surface area contributed by atoms with Crippen LogP contribution < -0.4 is 9.97 Å². The largest absolute Gasteiger partial charge is 2.00 e. The van der Waals surface area contributed by atoms with E-state index in [1.54, 1.807) is 6.07 Å². The minimum atomic E-state index is -2.28. The number of nitrogens with zero attached hydrogens (tertiary/aromatic N) is 4. The molecule has 12 nitrogen and oxygen atoms in total. The number of hydrogen-bond donors (Lipinski definition) is 0. The average Bonchev–Trinajstić information content (AvgIpc) is 4.02. The van der Waals surface area contributed by atoms with Crippen molar-refractivity contribution in [1.29, 1.82) is 0 Å². The molecule has 0 atom stereocenters. The minimum absolute atomic E-state index is 0. The summed E-state index contributed by atoms with van der Waals surface area (Å²) in [5, 5.41) is 0. The Labute approximate surface area is 461 Å². The molecule has 2 aliphatic rings. The van der Waals surface area contributed by atoms with E-state index in [4.69, 9.17) is 38.9 Å². The fourth-order valence-electron chi connectivity index (χ4n) is 8.89. The van der Waals surface area contributed by atoms with Gasteiger partial charge in [-0.1, -0.05) is 88.1 Å².